The Morgan fingerprint density at radius 2 is 1.88 bits per heavy atom. The van der Waals surface area contributed by atoms with Crippen molar-refractivity contribution in [3.63, 3.8) is 0 Å². The van der Waals surface area contributed by atoms with Crippen molar-refractivity contribution < 1.29 is 14.5 Å². The maximum Gasteiger partial charge on any atom is 0.269 e. The second kappa shape index (κ2) is 6.74. The van der Waals surface area contributed by atoms with Gasteiger partial charge in [-0.05, 0) is 54.4 Å². The molecule has 1 aliphatic rings. The minimum absolute atomic E-state index is 0.0505. The van der Waals surface area contributed by atoms with Gasteiger partial charge in [0.2, 0.25) is 0 Å². The Balaban J connectivity index is 1.83. The fourth-order valence-corrected chi connectivity index (χ4v) is 4.17. The first-order valence-corrected chi connectivity index (χ1v) is 9.02. The number of nitrogens with zero attached hydrogens (tertiary/aromatic N) is 2. The van der Waals surface area contributed by atoms with Gasteiger partial charge in [0.05, 0.1) is 12.0 Å². The molecule has 0 saturated heterocycles. The molecule has 0 fully saturated rings. The lowest BCUT2D eigenvalue weighted by Crippen LogP contribution is -2.16. The number of hydrogen-bond acceptors (Lipinski definition) is 7. The smallest absolute Gasteiger partial charge is 0.269 e. The summed E-state index contributed by atoms with van der Waals surface area (Å²) in [6.07, 6.45) is 1.95. The highest BCUT2D eigenvalue weighted by Crippen LogP contribution is 2.52. The van der Waals surface area contributed by atoms with Crippen LogP contribution in [0.5, 0.6) is 5.75 Å². The van der Waals surface area contributed by atoms with Gasteiger partial charge in [0.25, 0.3) is 9.95 Å². The standard InChI is InChI=1S/C16H14N2O4S2/c1-21-14-9-5-12(6-10-14)16(23-2)22-17-15(24-16)11-3-7-13(8-4-11)18(19)20/h3-10H,1-2H3. The Morgan fingerprint density at radius 1 is 1.21 bits per heavy atom. The predicted octanol–water partition coefficient (Wildman–Crippen LogP) is 4.20. The highest BCUT2D eigenvalue weighted by molar-refractivity contribution is 8.25. The SMILES string of the molecule is COc1ccc(C2(SC)ON=C(c3ccc([N+](=O)[O-])cc3)S2)cc1. The zero-order valence-corrected chi connectivity index (χ0v) is 14.6. The van der Waals surface area contributed by atoms with Gasteiger partial charge in [-0.15, -0.1) is 0 Å². The van der Waals surface area contributed by atoms with Crippen molar-refractivity contribution in [1.29, 1.82) is 0 Å². The fourth-order valence-electron chi connectivity index (χ4n) is 2.21. The third-order valence-electron chi connectivity index (χ3n) is 3.52. The summed E-state index contributed by atoms with van der Waals surface area (Å²) in [6, 6.07) is 13.9. The lowest BCUT2D eigenvalue weighted by molar-refractivity contribution is -0.384. The van der Waals surface area contributed by atoms with E-state index in [-0.39, 0.29) is 5.69 Å². The van der Waals surface area contributed by atoms with E-state index < -0.39 is 9.19 Å². The van der Waals surface area contributed by atoms with Crippen LogP contribution in [0.4, 0.5) is 5.69 Å². The van der Waals surface area contributed by atoms with E-state index in [1.54, 1.807) is 19.2 Å². The van der Waals surface area contributed by atoms with E-state index in [1.807, 2.05) is 30.5 Å². The van der Waals surface area contributed by atoms with Gasteiger partial charge in [0, 0.05) is 23.3 Å². The zero-order valence-electron chi connectivity index (χ0n) is 13.0. The Morgan fingerprint density at radius 3 is 2.42 bits per heavy atom. The van der Waals surface area contributed by atoms with Gasteiger partial charge in [0.1, 0.15) is 10.8 Å². The van der Waals surface area contributed by atoms with Crippen LogP contribution in [0.15, 0.2) is 53.7 Å². The number of benzene rings is 2. The zero-order chi connectivity index (χ0) is 17.2. The van der Waals surface area contributed by atoms with Crippen molar-refractivity contribution in [2.24, 2.45) is 5.16 Å². The summed E-state index contributed by atoms with van der Waals surface area (Å²) in [5.74, 6) is 0.773. The molecule has 24 heavy (non-hydrogen) atoms. The summed E-state index contributed by atoms with van der Waals surface area (Å²) in [7, 11) is 1.62. The molecule has 0 aliphatic carbocycles. The fraction of sp³-hybridized carbons (Fsp3) is 0.188. The predicted molar refractivity (Wildman–Crippen MR) is 96.5 cm³/mol. The van der Waals surface area contributed by atoms with Crippen molar-refractivity contribution in [1.82, 2.24) is 0 Å². The van der Waals surface area contributed by atoms with Gasteiger partial charge in [-0.25, -0.2) is 0 Å². The second-order valence-corrected chi connectivity index (χ2v) is 7.29. The molecule has 1 aliphatic heterocycles. The molecule has 2 aromatic rings. The van der Waals surface area contributed by atoms with Crippen LogP contribution >= 0.6 is 23.5 Å². The van der Waals surface area contributed by atoms with Crippen LogP contribution in [0.2, 0.25) is 0 Å². The average Bonchev–Trinajstić information content (AvgIpc) is 3.08. The Bertz CT molecular complexity index is 778. The van der Waals surface area contributed by atoms with Crippen molar-refractivity contribution in [3.8, 4) is 5.75 Å². The van der Waals surface area contributed by atoms with Crippen LogP contribution < -0.4 is 4.74 Å². The molecular weight excluding hydrogens is 348 g/mol. The number of nitro groups is 1. The third-order valence-corrected chi connectivity index (χ3v) is 6.20. The second-order valence-electron chi connectivity index (χ2n) is 4.88. The van der Waals surface area contributed by atoms with Gasteiger partial charge in [-0.2, -0.15) is 0 Å². The molecule has 1 heterocycles. The normalized spacial score (nSPS) is 19.5. The van der Waals surface area contributed by atoms with Crippen molar-refractivity contribution in [3.05, 3.63) is 69.8 Å². The highest BCUT2D eigenvalue weighted by atomic mass is 32.2. The molecular formula is C16H14N2O4S2. The van der Waals surface area contributed by atoms with Crippen molar-refractivity contribution in [2.45, 2.75) is 4.27 Å². The molecule has 0 bridgehead atoms. The first-order valence-electron chi connectivity index (χ1n) is 6.97. The van der Waals surface area contributed by atoms with Crippen LogP contribution in [-0.4, -0.2) is 23.3 Å². The van der Waals surface area contributed by atoms with Crippen LogP contribution in [0.3, 0.4) is 0 Å². The Hall–Kier alpha value is -2.19. The van der Waals surface area contributed by atoms with Crippen LogP contribution in [0.1, 0.15) is 11.1 Å². The lowest BCUT2D eigenvalue weighted by Gasteiger charge is -2.23. The van der Waals surface area contributed by atoms with E-state index in [4.69, 9.17) is 9.57 Å². The number of thioether (sulfide) groups is 2. The van der Waals surface area contributed by atoms with E-state index >= 15 is 0 Å². The number of rotatable bonds is 5. The number of non-ortho nitro benzene ring substituents is 1. The first kappa shape index (κ1) is 16.7. The van der Waals surface area contributed by atoms with Gasteiger partial charge in [-0.3, -0.25) is 10.1 Å². The molecule has 0 saturated carbocycles. The maximum absolute atomic E-state index is 10.8. The molecule has 1 atom stereocenters. The van der Waals surface area contributed by atoms with Gasteiger partial charge < -0.3 is 9.57 Å². The summed E-state index contributed by atoms with van der Waals surface area (Å²) >= 11 is 3.00. The van der Waals surface area contributed by atoms with Crippen molar-refractivity contribution in [2.75, 3.05) is 13.4 Å². The van der Waals surface area contributed by atoms with Gasteiger partial charge in [-0.1, -0.05) is 16.9 Å². The molecule has 6 nitrogen and oxygen atoms in total. The monoisotopic (exact) mass is 362 g/mol. The molecule has 8 heteroatoms. The lowest BCUT2D eigenvalue weighted by atomic mass is 10.2. The largest absolute Gasteiger partial charge is 0.497 e. The maximum atomic E-state index is 10.8. The average molecular weight is 362 g/mol. The Labute approximate surface area is 147 Å². The number of ether oxygens (including phenoxy) is 1. The van der Waals surface area contributed by atoms with Crippen molar-refractivity contribution >= 4 is 34.3 Å². The third kappa shape index (κ3) is 3.07. The summed E-state index contributed by atoms with van der Waals surface area (Å²) < 4.78 is 4.50. The van der Waals surface area contributed by atoms with E-state index in [0.29, 0.717) is 5.04 Å². The van der Waals surface area contributed by atoms with Gasteiger partial charge >= 0.3 is 0 Å². The number of oxime groups is 1. The number of methoxy groups -OCH3 is 1. The first-order chi connectivity index (χ1) is 11.6. The van der Waals surface area contributed by atoms with E-state index in [1.165, 1.54) is 35.7 Å². The molecule has 0 spiro atoms. The minimum atomic E-state index is -0.677. The van der Waals surface area contributed by atoms with E-state index in [0.717, 1.165) is 16.9 Å². The molecule has 0 radical (unpaired) electrons. The van der Waals surface area contributed by atoms with E-state index in [2.05, 4.69) is 5.16 Å². The van der Waals surface area contributed by atoms with Crippen LogP contribution in [0, 0.1) is 10.1 Å². The van der Waals surface area contributed by atoms with Gasteiger partial charge in [0.15, 0.2) is 0 Å². The van der Waals surface area contributed by atoms with Crippen LogP contribution in [0.25, 0.3) is 0 Å². The minimum Gasteiger partial charge on any atom is -0.497 e. The summed E-state index contributed by atoms with van der Waals surface area (Å²) in [6.45, 7) is 0. The van der Waals surface area contributed by atoms with E-state index in [9.17, 15) is 10.1 Å². The highest BCUT2D eigenvalue weighted by Gasteiger charge is 2.42. The summed E-state index contributed by atoms with van der Waals surface area (Å²) in [4.78, 5) is 16.1. The number of nitro benzene ring substituents is 1. The number of hydrogen-bond donors (Lipinski definition) is 0. The molecule has 1 unspecified atom stereocenters. The molecule has 0 aromatic heterocycles. The summed E-state index contributed by atoms with van der Waals surface area (Å²) in [5, 5.41) is 15.6. The quantitative estimate of drug-likeness (QED) is 0.586. The molecule has 0 amide bonds. The topological polar surface area (TPSA) is 74.0 Å². The summed E-state index contributed by atoms with van der Waals surface area (Å²) in [5.41, 5.74) is 1.80. The molecule has 3 rings (SSSR count). The van der Waals surface area contributed by atoms with Crippen LogP contribution in [-0.2, 0) is 9.10 Å². The molecule has 0 N–H and O–H groups in total. The molecule has 2 aromatic carbocycles. The molecule has 124 valence electrons. The Kier molecular flexibility index (Phi) is 4.68.